The molecular weight excluding hydrogens is 326 g/mol. The Morgan fingerprint density at radius 3 is 2.40 bits per heavy atom. The van der Waals surface area contributed by atoms with Crippen molar-refractivity contribution >= 4 is 22.4 Å². The Bertz CT molecular complexity index is 1040. The van der Waals surface area contributed by atoms with Gasteiger partial charge in [0.25, 0.3) is 17.0 Å². The number of hydrogen-bond donors (Lipinski definition) is 3. The second-order valence-electron chi connectivity index (χ2n) is 5.16. The molecule has 3 rings (SSSR count). The van der Waals surface area contributed by atoms with Gasteiger partial charge in [-0.05, 0) is 30.3 Å². The van der Waals surface area contributed by atoms with Crippen LogP contribution in [0.15, 0.2) is 52.1 Å². The van der Waals surface area contributed by atoms with E-state index in [1.54, 1.807) is 24.3 Å². The Morgan fingerprint density at radius 1 is 1.00 bits per heavy atom. The predicted octanol–water partition coefficient (Wildman–Crippen LogP) is 1.24. The Hall–Kier alpha value is -3.55. The van der Waals surface area contributed by atoms with E-state index in [0.717, 1.165) is 0 Å². The molecular formula is C17H15N3O5. The number of carbonyl (C=O) groups is 1. The van der Waals surface area contributed by atoms with Crippen LogP contribution in [0.3, 0.4) is 0 Å². The van der Waals surface area contributed by atoms with E-state index in [2.05, 4.69) is 15.5 Å². The van der Waals surface area contributed by atoms with Crippen LogP contribution in [0.5, 0.6) is 11.5 Å². The number of ether oxygens (including phenoxy) is 2. The minimum atomic E-state index is -0.448. The highest BCUT2D eigenvalue weighted by atomic mass is 16.5. The highest BCUT2D eigenvalue weighted by molar-refractivity contribution is 5.94. The van der Waals surface area contributed by atoms with Gasteiger partial charge in [-0.3, -0.25) is 24.6 Å². The number of anilines is 1. The fraction of sp³-hybridized carbons (Fsp3) is 0.118. The first-order valence-corrected chi connectivity index (χ1v) is 7.39. The lowest BCUT2D eigenvalue weighted by Gasteiger charge is -2.10. The first-order valence-electron chi connectivity index (χ1n) is 7.39. The lowest BCUT2D eigenvalue weighted by atomic mass is 10.2. The zero-order valence-corrected chi connectivity index (χ0v) is 13.3. The summed E-state index contributed by atoms with van der Waals surface area (Å²) in [6, 6.07) is 11.4. The average molecular weight is 341 g/mol. The van der Waals surface area contributed by atoms with E-state index in [1.807, 2.05) is 0 Å². The maximum absolute atomic E-state index is 12.0. The number of methoxy groups -OCH3 is 1. The van der Waals surface area contributed by atoms with Crippen LogP contribution < -0.4 is 25.9 Å². The van der Waals surface area contributed by atoms with E-state index in [-0.39, 0.29) is 17.4 Å². The van der Waals surface area contributed by atoms with E-state index >= 15 is 0 Å². The van der Waals surface area contributed by atoms with Crippen molar-refractivity contribution < 1.29 is 14.3 Å². The quantitative estimate of drug-likeness (QED) is 0.646. The molecule has 0 fully saturated rings. The number of benzene rings is 2. The summed E-state index contributed by atoms with van der Waals surface area (Å²) < 4.78 is 10.6. The lowest BCUT2D eigenvalue weighted by Crippen LogP contribution is -2.22. The predicted molar refractivity (Wildman–Crippen MR) is 92.3 cm³/mol. The molecule has 1 heterocycles. The Balaban J connectivity index is 1.73. The van der Waals surface area contributed by atoms with Crippen LogP contribution in [0, 0.1) is 0 Å². The van der Waals surface area contributed by atoms with Gasteiger partial charge in [0.2, 0.25) is 0 Å². The maximum Gasteiger partial charge on any atom is 0.270 e. The average Bonchev–Trinajstić information content (AvgIpc) is 2.63. The summed E-state index contributed by atoms with van der Waals surface area (Å²) in [6.45, 7) is -0.232. The van der Waals surface area contributed by atoms with Crippen molar-refractivity contribution in [3.8, 4) is 11.5 Å². The van der Waals surface area contributed by atoms with Gasteiger partial charge in [-0.15, -0.1) is 0 Å². The molecule has 0 aliphatic carbocycles. The van der Waals surface area contributed by atoms with Crippen LogP contribution in [0.25, 0.3) is 10.8 Å². The molecule has 0 aliphatic rings. The zero-order chi connectivity index (χ0) is 17.8. The molecule has 0 aliphatic heterocycles. The molecule has 0 atom stereocenters. The molecule has 2 aromatic carbocycles. The van der Waals surface area contributed by atoms with Crippen LogP contribution in [-0.2, 0) is 4.79 Å². The maximum atomic E-state index is 12.0. The number of H-pyrrole nitrogens is 2. The van der Waals surface area contributed by atoms with Gasteiger partial charge in [0.1, 0.15) is 0 Å². The van der Waals surface area contributed by atoms with Crippen LogP contribution >= 0.6 is 0 Å². The third kappa shape index (κ3) is 3.52. The minimum absolute atomic E-state index is 0.187. The SMILES string of the molecule is COc1ccccc1OCC(=O)Nc1ccc2c(=O)[nH][nH]c(=O)c2c1. The van der Waals surface area contributed by atoms with Gasteiger partial charge >= 0.3 is 0 Å². The molecule has 8 heteroatoms. The summed E-state index contributed by atoms with van der Waals surface area (Å²) in [5.74, 6) is 0.555. The van der Waals surface area contributed by atoms with Crippen LogP contribution in [-0.4, -0.2) is 29.8 Å². The third-order valence-electron chi connectivity index (χ3n) is 3.51. The fourth-order valence-corrected chi connectivity index (χ4v) is 2.33. The highest BCUT2D eigenvalue weighted by Crippen LogP contribution is 2.25. The molecule has 1 amide bonds. The van der Waals surface area contributed by atoms with E-state index in [0.29, 0.717) is 17.2 Å². The highest BCUT2D eigenvalue weighted by Gasteiger charge is 2.09. The second kappa shape index (κ2) is 6.91. The Kier molecular flexibility index (Phi) is 4.51. The molecule has 8 nitrogen and oxygen atoms in total. The van der Waals surface area contributed by atoms with Gasteiger partial charge in [0.15, 0.2) is 18.1 Å². The van der Waals surface area contributed by atoms with Gasteiger partial charge in [0, 0.05) is 5.69 Å². The molecule has 3 N–H and O–H groups in total. The first-order chi connectivity index (χ1) is 12.1. The fourth-order valence-electron chi connectivity index (χ4n) is 2.33. The van der Waals surface area contributed by atoms with Gasteiger partial charge in [-0.1, -0.05) is 12.1 Å². The topological polar surface area (TPSA) is 113 Å². The third-order valence-corrected chi connectivity index (χ3v) is 3.51. The molecule has 1 aromatic heterocycles. The van der Waals surface area contributed by atoms with E-state index in [1.165, 1.54) is 25.3 Å². The van der Waals surface area contributed by atoms with E-state index in [4.69, 9.17) is 9.47 Å². The smallest absolute Gasteiger partial charge is 0.270 e. The second-order valence-corrected chi connectivity index (χ2v) is 5.16. The number of aromatic amines is 2. The van der Waals surface area contributed by atoms with Crippen LogP contribution in [0.2, 0.25) is 0 Å². The minimum Gasteiger partial charge on any atom is -0.493 e. The Labute approximate surface area is 141 Å². The monoisotopic (exact) mass is 341 g/mol. The molecule has 25 heavy (non-hydrogen) atoms. The van der Waals surface area contributed by atoms with Crippen molar-refractivity contribution in [1.29, 1.82) is 0 Å². The van der Waals surface area contributed by atoms with Gasteiger partial charge < -0.3 is 14.8 Å². The zero-order valence-electron chi connectivity index (χ0n) is 13.3. The van der Waals surface area contributed by atoms with Crippen molar-refractivity contribution in [2.24, 2.45) is 0 Å². The number of nitrogens with one attached hydrogen (secondary N) is 3. The summed E-state index contributed by atoms with van der Waals surface area (Å²) in [5.41, 5.74) is -0.472. The summed E-state index contributed by atoms with van der Waals surface area (Å²) >= 11 is 0. The van der Waals surface area contributed by atoms with Crippen molar-refractivity contribution in [2.75, 3.05) is 19.0 Å². The van der Waals surface area contributed by atoms with E-state index in [9.17, 15) is 14.4 Å². The standard InChI is InChI=1S/C17H15N3O5/c1-24-13-4-2-3-5-14(13)25-9-15(21)18-10-6-7-11-12(8-10)17(23)20-19-16(11)22/h2-8H,9H2,1H3,(H,18,21)(H,19,22)(H,20,23). The number of aromatic nitrogens is 2. The summed E-state index contributed by atoms with van der Waals surface area (Å²) in [6.07, 6.45) is 0. The van der Waals surface area contributed by atoms with Crippen LogP contribution in [0.4, 0.5) is 5.69 Å². The molecule has 0 saturated carbocycles. The molecule has 0 unspecified atom stereocenters. The number of hydrogen-bond acceptors (Lipinski definition) is 5. The number of para-hydroxylation sites is 2. The number of fused-ring (bicyclic) bond motifs is 1. The molecule has 3 aromatic rings. The van der Waals surface area contributed by atoms with Crippen molar-refractivity contribution in [2.45, 2.75) is 0 Å². The summed E-state index contributed by atoms with van der Waals surface area (Å²) in [7, 11) is 1.51. The lowest BCUT2D eigenvalue weighted by molar-refractivity contribution is -0.118. The van der Waals surface area contributed by atoms with Crippen molar-refractivity contribution in [1.82, 2.24) is 10.2 Å². The number of rotatable bonds is 5. The Morgan fingerprint density at radius 2 is 1.68 bits per heavy atom. The van der Waals surface area contributed by atoms with Gasteiger partial charge in [-0.2, -0.15) is 0 Å². The number of carbonyl (C=O) groups excluding carboxylic acids is 1. The van der Waals surface area contributed by atoms with Crippen molar-refractivity contribution in [3.05, 3.63) is 63.2 Å². The summed E-state index contributed by atoms with van der Waals surface area (Å²) in [5, 5.41) is 7.53. The largest absolute Gasteiger partial charge is 0.493 e. The normalized spacial score (nSPS) is 10.4. The van der Waals surface area contributed by atoms with Crippen molar-refractivity contribution in [3.63, 3.8) is 0 Å². The first kappa shape index (κ1) is 16.3. The van der Waals surface area contributed by atoms with E-state index < -0.39 is 17.0 Å². The number of amides is 1. The molecule has 0 bridgehead atoms. The molecule has 128 valence electrons. The van der Waals surface area contributed by atoms with Gasteiger partial charge in [-0.25, -0.2) is 0 Å². The van der Waals surface area contributed by atoms with Crippen LogP contribution in [0.1, 0.15) is 0 Å². The summed E-state index contributed by atoms with van der Waals surface area (Å²) in [4.78, 5) is 35.5. The molecule has 0 spiro atoms. The molecule has 0 saturated heterocycles. The van der Waals surface area contributed by atoms with Gasteiger partial charge in [0.05, 0.1) is 17.9 Å². The molecule has 0 radical (unpaired) electrons.